The van der Waals surface area contributed by atoms with Gasteiger partial charge in [0.25, 0.3) is 0 Å². The zero-order valence-corrected chi connectivity index (χ0v) is 26.0. The quantitative estimate of drug-likeness (QED) is 0.118. The summed E-state index contributed by atoms with van der Waals surface area (Å²) in [6.45, 7) is 19.1. The summed E-state index contributed by atoms with van der Waals surface area (Å²) < 4.78 is 0. The molecule has 0 saturated heterocycles. The van der Waals surface area contributed by atoms with E-state index in [4.69, 9.17) is 44.2 Å². The molecule has 0 radical (unpaired) electrons. The van der Waals surface area contributed by atoms with Gasteiger partial charge >= 0.3 is 42.1 Å². The van der Waals surface area contributed by atoms with Crippen LogP contribution in [0.15, 0.2) is 0 Å². The van der Waals surface area contributed by atoms with E-state index in [-0.39, 0.29) is 73.8 Å². The average molecular weight is 835 g/mol. The molecule has 168 valence electrons. The molecule has 12 nitrogen and oxygen atoms in total. The number of hydrogen-bond acceptors (Lipinski definition) is 0. The van der Waals surface area contributed by atoms with Crippen molar-refractivity contribution in [2.75, 3.05) is 65.1 Å². The number of hydrogen-bond donors (Lipinski definition) is 0. The molecule has 0 aromatic heterocycles. The largest absolute Gasteiger partial charge is 2.00 e. The van der Waals surface area contributed by atoms with E-state index in [1.54, 1.807) is 11.8 Å². The second-order valence-electron chi connectivity index (χ2n) is 5.54. The SMILES string of the molecule is C[PH+](C)C[PH+](C)C.C[PH+](C)C[PH+](C)C.[N-]=[N+]=[N-].[N-]=[N+]=[N-].[N-]=[N+]=[N-].[N-]=[N+]=[N-].[Pt+2].[Pt+2]. The minimum atomic E-state index is 0. The van der Waals surface area contributed by atoms with Crippen molar-refractivity contribution in [1.82, 2.24) is 0 Å². The first-order chi connectivity index (χ1) is 11.9. The van der Waals surface area contributed by atoms with Gasteiger partial charge in [0, 0.05) is 85.0 Å². The van der Waals surface area contributed by atoms with Crippen molar-refractivity contribution in [3.63, 3.8) is 0 Å². The van der Waals surface area contributed by atoms with E-state index in [9.17, 15) is 0 Å². The molecule has 0 atom stereocenters. The Morgan fingerprint density at radius 3 is 0.464 bits per heavy atom. The zero-order valence-electron chi connectivity index (χ0n) is 17.4. The smallest absolute Gasteiger partial charge is 0.373 e. The first-order valence-corrected chi connectivity index (χ1v) is 17.8. The monoisotopic (exact) mass is 834 g/mol. The Hall–Kier alpha value is 0.337. The molecule has 0 aliphatic rings. The van der Waals surface area contributed by atoms with Crippen LogP contribution in [0.4, 0.5) is 0 Å². The second-order valence-corrected chi connectivity index (χ2v) is 18.0. The van der Waals surface area contributed by atoms with Gasteiger partial charge in [-0.1, -0.05) is 0 Å². The predicted octanol–water partition coefficient (Wildman–Crippen LogP) is 7.24. The first-order valence-electron chi connectivity index (χ1n) is 7.01. The molecule has 0 aliphatic heterocycles. The number of nitrogens with zero attached hydrogens (tertiary/aromatic N) is 12. The summed E-state index contributed by atoms with van der Waals surface area (Å²) >= 11 is 0. The Morgan fingerprint density at radius 2 is 0.464 bits per heavy atom. The number of rotatable bonds is 4. The molecule has 0 heterocycles. The Labute approximate surface area is 202 Å². The fraction of sp³-hybridized carbons (Fsp3) is 1.00. The van der Waals surface area contributed by atoms with Crippen LogP contribution in [0.25, 0.3) is 63.9 Å². The molecule has 0 amide bonds. The molecule has 0 fully saturated rings. The van der Waals surface area contributed by atoms with Gasteiger partial charge in [-0.2, -0.15) is 0 Å². The van der Waals surface area contributed by atoms with Gasteiger partial charge in [0.15, 0.2) is 11.8 Å². The molecule has 0 aromatic rings. The average Bonchev–Trinajstić information content (AvgIpc) is 2.39. The molecule has 0 bridgehead atoms. The zero-order chi connectivity index (χ0) is 22.6. The maximum absolute atomic E-state index is 6.75. The Morgan fingerprint density at radius 1 is 0.393 bits per heavy atom. The maximum Gasteiger partial charge on any atom is 2.00 e. The van der Waals surface area contributed by atoms with Crippen molar-refractivity contribution in [1.29, 1.82) is 0 Å². The summed E-state index contributed by atoms with van der Waals surface area (Å²) in [7, 11) is 0.444. The van der Waals surface area contributed by atoms with Crippen LogP contribution in [0.2, 0.25) is 0 Å². The molecule has 18 heteroatoms. The van der Waals surface area contributed by atoms with E-state index in [2.05, 4.69) is 53.3 Å². The molecule has 0 N–H and O–H groups in total. The fourth-order valence-corrected chi connectivity index (χ4v) is 12.7. The predicted molar refractivity (Wildman–Crippen MR) is 131 cm³/mol. The summed E-state index contributed by atoms with van der Waals surface area (Å²) in [5.41, 5.74) is 54.0. The standard InChI is InChI=1S/2C5H14P2.4N3.2Pt/c2*1-6(2)5-7(3)4;4*1-3-2;;/h2*5H2,1-4H3;;;;;;/q;;4*-1;2*+2/p+4. The van der Waals surface area contributed by atoms with Crippen LogP contribution < -0.4 is 0 Å². The van der Waals surface area contributed by atoms with Crippen LogP contribution in [-0.2, 0) is 42.1 Å². The summed E-state index contributed by atoms with van der Waals surface area (Å²) in [5.74, 6) is 3.13. The third kappa shape index (κ3) is 243. The van der Waals surface area contributed by atoms with Gasteiger partial charge in [0.1, 0.15) is 0 Å². The van der Waals surface area contributed by atoms with Gasteiger partial charge in [-0.25, -0.2) is 0 Å². The molecule has 0 saturated carbocycles. The van der Waals surface area contributed by atoms with Gasteiger partial charge in [-0.05, 0) is 0 Å². The minimum absolute atomic E-state index is 0. The molecule has 28 heavy (non-hydrogen) atoms. The topological polar surface area (TPSA) is 235 Å². The first kappa shape index (κ1) is 51.2. The Bertz CT molecular complexity index is 325. The summed E-state index contributed by atoms with van der Waals surface area (Å²) in [6, 6.07) is 0. The van der Waals surface area contributed by atoms with Crippen molar-refractivity contribution in [3.05, 3.63) is 63.9 Å². The van der Waals surface area contributed by atoms with E-state index in [1.807, 2.05) is 0 Å². The minimum Gasteiger partial charge on any atom is -0.373 e. The van der Waals surface area contributed by atoms with E-state index in [1.165, 1.54) is 19.6 Å². The van der Waals surface area contributed by atoms with Gasteiger partial charge in [0.05, 0.1) is 0 Å². The third-order valence-electron chi connectivity index (χ3n) is 1.41. The summed E-state index contributed by atoms with van der Waals surface area (Å²) in [6.07, 6.45) is 0. The fourth-order valence-electron chi connectivity index (χ4n) is 1.41. The molecule has 0 spiro atoms. The van der Waals surface area contributed by atoms with Crippen LogP contribution in [0.5, 0.6) is 0 Å². The van der Waals surface area contributed by atoms with Crippen LogP contribution in [-0.4, -0.2) is 65.1 Å². The molecular formula is C10H32N12P4Pt2+4. The van der Waals surface area contributed by atoms with Gasteiger partial charge in [0.2, 0.25) is 0 Å². The Balaban J connectivity index is -0.0000000297. The third-order valence-corrected chi connectivity index (χ3v) is 12.7. The summed E-state index contributed by atoms with van der Waals surface area (Å²) in [5, 5.41) is 0. The molecular weight excluding hydrogens is 802 g/mol. The Kier molecular flexibility index (Phi) is 103. The van der Waals surface area contributed by atoms with Crippen molar-refractivity contribution in [2.24, 2.45) is 0 Å². The van der Waals surface area contributed by atoms with Gasteiger partial charge < -0.3 is 44.2 Å². The molecule has 0 rings (SSSR count). The van der Waals surface area contributed by atoms with Crippen LogP contribution in [0.3, 0.4) is 0 Å². The molecule has 0 unspecified atom stereocenters. The second kappa shape index (κ2) is 56.4. The van der Waals surface area contributed by atoms with E-state index in [0.717, 1.165) is 0 Å². The van der Waals surface area contributed by atoms with Crippen molar-refractivity contribution < 1.29 is 42.1 Å². The van der Waals surface area contributed by atoms with E-state index in [0.29, 0.717) is 0 Å². The van der Waals surface area contributed by atoms with E-state index < -0.39 is 0 Å². The van der Waals surface area contributed by atoms with Crippen molar-refractivity contribution in [2.45, 2.75) is 0 Å². The van der Waals surface area contributed by atoms with Gasteiger partial charge in [-0.3, -0.25) is 19.6 Å². The normalized spacial score (nSPS) is 6.71. The molecule has 0 aliphatic carbocycles. The van der Waals surface area contributed by atoms with Crippen LogP contribution in [0, 0.1) is 0 Å². The van der Waals surface area contributed by atoms with E-state index >= 15 is 0 Å². The van der Waals surface area contributed by atoms with Crippen molar-refractivity contribution in [3.8, 4) is 0 Å². The van der Waals surface area contributed by atoms with Crippen molar-refractivity contribution >= 4 is 31.7 Å². The van der Waals surface area contributed by atoms with Crippen LogP contribution >= 0.6 is 31.7 Å². The summed E-state index contributed by atoms with van der Waals surface area (Å²) in [4.78, 5) is 6.00. The maximum atomic E-state index is 6.75. The molecule has 0 aromatic carbocycles. The van der Waals surface area contributed by atoms with Gasteiger partial charge in [-0.15, -0.1) is 0 Å². The van der Waals surface area contributed by atoms with Crippen LogP contribution in [0.1, 0.15) is 0 Å².